The Morgan fingerprint density at radius 2 is 1.93 bits per heavy atom. The summed E-state index contributed by atoms with van der Waals surface area (Å²) in [7, 11) is 1.28. The predicted octanol–water partition coefficient (Wildman–Crippen LogP) is -1.42. The van der Waals surface area contributed by atoms with Crippen molar-refractivity contribution in [3.63, 3.8) is 0 Å². The van der Waals surface area contributed by atoms with Gasteiger partial charge in [0.1, 0.15) is 5.56 Å². The number of rotatable bonds is 0. The van der Waals surface area contributed by atoms with Crippen molar-refractivity contribution in [2.75, 3.05) is 12.8 Å². The molecule has 0 spiro atoms. The summed E-state index contributed by atoms with van der Waals surface area (Å²) in [5.74, 6) is -1.44. The first-order valence-electron chi connectivity index (χ1n) is 3.74. The van der Waals surface area contributed by atoms with Gasteiger partial charge in [0.25, 0.3) is 17.4 Å². The maximum absolute atomic E-state index is 11.3. The molecule has 1 aliphatic heterocycles. The smallest absolute Gasteiger partial charge is 0.280 e. The zero-order chi connectivity index (χ0) is 10.5. The molecule has 0 aromatic carbocycles. The number of nitrogens with two attached hydrogens (primary N) is 1. The van der Waals surface area contributed by atoms with Crippen molar-refractivity contribution in [2.45, 2.75) is 0 Å². The van der Waals surface area contributed by atoms with Crippen LogP contribution in [0.2, 0.25) is 0 Å². The van der Waals surface area contributed by atoms with Gasteiger partial charge in [-0.15, -0.1) is 0 Å². The molecule has 72 valence electrons. The summed E-state index contributed by atoms with van der Waals surface area (Å²) in [5, 5.41) is 0. The van der Waals surface area contributed by atoms with E-state index >= 15 is 0 Å². The van der Waals surface area contributed by atoms with Crippen molar-refractivity contribution < 1.29 is 9.59 Å². The van der Waals surface area contributed by atoms with Crippen LogP contribution in [0.3, 0.4) is 0 Å². The van der Waals surface area contributed by atoms with E-state index < -0.39 is 17.4 Å². The van der Waals surface area contributed by atoms with Crippen molar-refractivity contribution in [3.8, 4) is 0 Å². The number of aromatic nitrogens is 2. The second-order valence-electron chi connectivity index (χ2n) is 2.84. The zero-order valence-corrected chi connectivity index (χ0v) is 7.20. The quantitative estimate of drug-likeness (QED) is 0.492. The van der Waals surface area contributed by atoms with Gasteiger partial charge in [0.15, 0.2) is 5.69 Å². The molecule has 0 atom stereocenters. The first-order chi connectivity index (χ1) is 6.52. The lowest BCUT2D eigenvalue weighted by atomic mass is 10.2. The van der Waals surface area contributed by atoms with E-state index in [1.54, 1.807) is 0 Å². The van der Waals surface area contributed by atoms with Gasteiger partial charge in [-0.1, -0.05) is 0 Å². The molecule has 0 fully saturated rings. The van der Waals surface area contributed by atoms with Gasteiger partial charge in [0.2, 0.25) is 5.95 Å². The van der Waals surface area contributed by atoms with Crippen LogP contribution >= 0.6 is 0 Å². The molecule has 7 nitrogen and oxygen atoms in total. The van der Waals surface area contributed by atoms with Crippen LogP contribution in [0.15, 0.2) is 4.79 Å². The van der Waals surface area contributed by atoms with Gasteiger partial charge in [-0.3, -0.25) is 24.3 Å². The Morgan fingerprint density at radius 3 is 2.57 bits per heavy atom. The van der Waals surface area contributed by atoms with E-state index in [1.165, 1.54) is 7.05 Å². The number of amides is 2. The van der Waals surface area contributed by atoms with Gasteiger partial charge in [-0.2, -0.15) is 0 Å². The summed E-state index contributed by atoms with van der Waals surface area (Å²) in [6.45, 7) is 0. The highest BCUT2D eigenvalue weighted by atomic mass is 16.2. The summed E-state index contributed by atoms with van der Waals surface area (Å²) < 4.78 is 0. The van der Waals surface area contributed by atoms with Gasteiger partial charge in [-0.05, 0) is 0 Å². The van der Waals surface area contributed by atoms with E-state index in [9.17, 15) is 14.4 Å². The van der Waals surface area contributed by atoms with Gasteiger partial charge in [-0.25, -0.2) is 4.98 Å². The number of hydrogen-bond donors (Lipinski definition) is 2. The van der Waals surface area contributed by atoms with Gasteiger partial charge < -0.3 is 5.73 Å². The minimum absolute atomic E-state index is 0.176. The van der Waals surface area contributed by atoms with Crippen LogP contribution in [-0.2, 0) is 0 Å². The lowest BCUT2D eigenvalue weighted by molar-refractivity contribution is 0.0691. The average Bonchev–Trinajstić information content (AvgIpc) is 2.31. The Balaban J connectivity index is 2.82. The molecular weight excluding hydrogens is 188 g/mol. The second-order valence-corrected chi connectivity index (χ2v) is 2.84. The molecule has 2 rings (SSSR count). The Labute approximate surface area is 77.5 Å². The van der Waals surface area contributed by atoms with Gasteiger partial charge >= 0.3 is 0 Å². The van der Waals surface area contributed by atoms with Crippen LogP contribution in [0.5, 0.6) is 0 Å². The molecule has 0 saturated heterocycles. The third kappa shape index (κ3) is 0.859. The normalized spacial score (nSPS) is 14.8. The number of imide groups is 1. The van der Waals surface area contributed by atoms with E-state index in [4.69, 9.17) is 5.73 Å². The first-order valence-corrected chi connectivity index (χ1v) is 3.74. The Hall–Kier alpha value is -2.18. The fourth-order valence-corrected chi connectivity index (χ4v) is 1.26. The Bertz CT molecular complexity index is 504. The number of nitrogen functional groups attached to an aromatic ring is 1. The number of H-pyrrole nitrogens is 1. The fraction of sp³-hybridized carbons (Fsp3) is 0.143. The largest absolute Gasteiger partial charge is 0.369 e. The van der Waals surface area contributed by atoms with Crippen LogP contribution in [0.25, 0.3) is 0 Å². The highest BCUT2D eigenvalue weighted by Crippen LogP contribution is 2.15. The molecule has 1 aliphatic rings. The highest BCUT2D eigenvalue weighted by Gasteiger charge is 2.37. The summed E-state index contributed by atoms with van der Waals surface area (Å²) in [5.41, 5.74) is 4.13. The van der Waals surface area contributed by atoms with Crippen LogP contribution in [-0.4, -0.2) is 33.7 Å². The number of nitrogens with one attached hydrogen (secondary N) is 1. The van der Waals surface area contributed by atoms with E-state index in [2.05, 4.69) is 9.97 Å². The molecule has 1 aromatic heterocycles. The number of carbonyl (C=O) groups excluding carboxylic acids is 2. The molecule has 0 saturated carbocycles. The van der Waals surface area contributed by atoms with Crippen molar-refractivity contribution >= 4 is 17.8 Å². The lowest BCUT2D eigenvalue weighted by Gasteiger charge is -2.01. The molecule has 0 unspecified atom stereocenters. The van der Waals surface area contributed by atoms with Crippen molar-refractivity contribution in [2.24, 2.45) is 0 Å². The number of nitrogens with zero attached hydrogens (tertiary/aromatic N) is 2. The second kappa shape index (κ2) is 2.41. The fourth-order valence-electron chi connectivity index (χ4n) is 1.26. The average molecular weight is 194 g/mol. The summed E-state index contributed by atoms with van der Waals surface area (Å²) >= 11 is 0. The Morgan fingerprint density at radius 1 is 1.29 bits per heavy atom. The van der Waals surface area contributed by atoms with Crippen LogP contribution in [0.1, 0.15) is 20.8 Å². The van der Waals surface area contributed by atoms with Crippen LogP contribution < -0.4 is 11.3 Å². The number of hydrogen-bond acceptors (Lipinski definition) is 5. The molecule has 14 heavy (non-hydrogen) atoms. The third-order valence-electron chi connectivity index (χ3n) is 1.96. The molecule has 0 bridgehead atoms. The molecule has 3 N–H and O–H groups in total. The summed E-state index contributed by atoms with van der Waals surface area (Å²) in [4.78, 5) is 40.5. The molecule has 7 heteroatoms. The monoisotopic (exact) mass is 194 g/mol. The van der Waals surface area contributed by atoms with Gasteiger partial charge in [0.05, 0.1) is 0 Å². The standard InChI is InChI=1S/C7H6N4O3/c1-11-5(13)2-3(6(11)14)9-7(8)10-4(2)12/h1H3,(H3,8,9,10,12). The summed E-state index contributed by atoms with van der Waals surface area (Å²) in [6, 6.07) is 0. The van der Waals surface area contributed by atoms with E-state index in [0.29, 0.717) is 0 Å². The number of fused-ring (bicyclic) bond motifs is 1. The molecular formula is C7H6N4O3. The lowest BCUT2D eigenvalue weighted by Crippen LogP contribution is -2.26. The molecule has 1 aromatic rings. The third-order valence-corrected chi connectivity index (χ3v) is 1.96. The van der Waals surface area contributed by atoms with E-state index in [1.807, 2.05) is 0 Å². The van der Waals surface area contributed by atoms with E-state index in [0.717, 1.165) is 4.90 Å². The SMILES string of the molecule is CN1C(=O)c2nc(N)[nH]c(=O)c2C1=O. The Kier molecular flexibility index (Phi) is 1.45. The van der Waals surface area contributed by atoms with Crippen molar-refractivity contribution in [1.29, 1.82) is 0 Å². The molecule has 0 aliphatic carbocycles. The zero-order valence-electron chi connectivity index (χ0n) is 7.20. The van der Waals surface area contributed by atoms with Gasteiger partial charge in [0, 0.05) is 7.05 Å². The maximum atomic E-state index is 11.3. The van der Waals surface area contributed by atoms with Crippen LogP contribution in [0, 0.1) is 0 Å². The molecule has 2 heterocycles. The topological polar surface area (TPSA) is 109 Å². The highest BCUT2D eigenvalue weighted by molar-refractivity contribution is 6.20. The molecule has 0 radical (unpaired) electrons. The number of anilines is 1. The first kappa shape index (κ1) is 8.42. The number of aromatic amines is 1. The minimum Gasteiger partial charge on any atom is -0.369 e. The van der Waals surface area contributed by atoms with Crippen molar-refractivity contribution in [3.05, 3.63) is 21.6 Å². The maximum Gasteiger partial charge on any atom is 0.280 e. The number of carbonyl (C=O) groups is 2. The van der Waals surface area contributed by atoms with Crippen molar-refractivity contribution in [1.82, 2.24) is 14.9 Å². The minimum atomic E-state index is -0.685. The molecule has 2 amide bonds. The van der Waals surface area contributed by atoms with E-state index in [-0.39, 0.29) is 17.2 Å². The van der Waals surface area contributed by atoms with Crippen LogP contribution in [0.4, 0.5) is 5.95 Å². The summed E-state index contributed by atoms with van der Waals surface area (Å²) in [6.07, 6.45) is 0. The predicted molar refractivity (Wildman–Crippen MR) is 45.7 cm³/mol.